The van der Waals surface area contributed by atoms with Crippen molar-refractivity contribution in [3.05, 3.63) is 70.8 Å². The number of nitrogens with two attached hydrogens (primary N) is 1. The van der Waals surface area contributed by atoms with Crippen LogP contribution in [0.15, 0.2) is 48.5 Å². The average Bonchev–Trinajstić information content (AvgIpc) is 2.35. The third-order valence-corrected chi connectivity index (χ3v) is 2.93. The first-order valence-electron chi connectivity index (χ1n) is 7.18. The van der Waals surface area contributed by atoms with Crippen molar-refractivity contribution in [2.45, 2.75) is 26.9 Å². The zero-order valence-electron chi connectivity index (χ0n) is 13.3. The number of benzene rings is 2. The van der Waals surface area contributed by atoms with E-state index in [4.69, 9.17) is 0 Å². The van der Waals surface area contributed by atoms with Gasteiger partial charge in [0.25, 0.3) is 0 Å². The summed E-state index contributed by atoms with van der Waals surface area (Å²) in [4.78, 5) is 0. The standard InChI is InChI=1S/C16H19N.F6P/c1-13-5-3-7-15(9-13)11-17-12-16-8-4-6-14(2)10-16;1-7(2,3,4,5)6/h3-10,17H,11-12H2,1-2H3;/q;-1/p+1. The molecule has 0 aliphatic heterocycles. The van der Waals surface area contributed by atoms with E-state index in [-0.39, 0.29) is 0 Å². The third kappa shape index (κ3) is 12.9. The molecule has 0 bridgehead atoms. The van der Waals surface area contributed by atoms with Crippen LogP contribution in [0.3, 0.4) is 0 Å². The van der Waals surface area contributed by atoms with E-state index in [9.17, 15) is 25.2 Å². The van der Waals surface area contributed by atoms with Crippen molar-refractivity contribution in [1.82, 2.24) is 0 Å². The Hall–Kier alpha value is -1.59. The summed E-state index contributed by atoms with van der Waals surface area (Å²) in [6.07, 6.45) is 0. The molecule has 24 heavy (non-hydrogen) atoms. The Morgan fingerprint density at radius 1 is 0.708 bits per heavy atom. The Morgan fingerprint density at radius 3 is 1.33 bits per heavy atom. The van der Waals surface area contributed by atoms with Gasteiger partial charge < -0.3 is 5.32 Å². The molecule has 0 amide bonds. The van der Waals surface area contributed by atoms with Crippen LogP contribution in [-0.2, 0) is 13.1 Å². The van der Waals surface area contributed by atoms with Gasteiger partial charge in [-0.3, -0.25) is 0 Å². The number of aryl methyl sites for hydroxylation is 2. The Morgan fingerprint density at radius 2 is 1.04 bits per heavy atom. The number of hydrogen-bond donors (Lipinski definition) is 1. The van der Waals surface area contributed by atoms with Crippen molar-refractivity contribution in [2.75, 3.05) is 0 Å². The van der Waals surface area contributed by atoms with E-state index in [1.165, 1.54) is 22.3 Å². The molecule has 0 unspecified atom stereocenters. The van der Waals surface area contributed by atoms with Crippen LogP contribution in [-0.4, -0.2) is 0 Å². The molecule has 0 fully saturated rings. The fourth-order valence-electron chi connectivity index (χ4n) is 2.08. The van der Waals surface area contributed by atoms with Crippen LogP contribution < -0.4 is 5.32 Å². The summed E-state index contributed by atoms with van der Waals surface area (Å²) in [7, 11) is -10.7. The summed E-state index contributed by atoms with van der Waals surface area (Å²) in [5.74, 6) is 0. The zero-order chi connectivity index (χ0) is 18.5. The normalized spacial score (nSPS) is 14.2. The van der Waals surface area contributed by atoms with Gasteiger partial charge in [-0.05, 0) is 13.8 Å². The van der Waals surface area contributed by atoms with Gasteiger partial charge >= 0.3 is 33.0 Å². The van der Waals surface area contributed by atoms with Crippen molar-refractivity contribution in [3.63, 3.8) is 0 Å². The predicted octanol–water partition coefficient (Wildman–Crippen LogP) is 5.95. The molecular weight excluding hydrogens is 351 g/mol. The average molecular weight is 371 g/mol. The second kappa shape index (κ2) is 6.73. The van der Waals surface area contributed by atoms with Crippen molar-refractivity contribution in [2.24, 2.45) is 0 Å². The Bertz CT molecular complexity index is 625. The van der Waals surface area contributed by atoms with E-state index < -0.39 is 7.81 Å². The Kier molecular flexibility index (Phi) is 5.73. The van der Waals surface area contributed by atoms with Crippen LogP contribution in [0.1, 0.15) is 22.3 Å². The quantitative estimate of drug-likeness (QED) is 0.505. The molecule has 0 spiro atoms. The van der Waals surface area contributed by atoms with E-state index in [0.717, 1.165) is 13.1 Å². The van der Waals surface area contributed by atoms with Gasteiger partial charge in [0.1, 0.15) is 13.1 Å². The summed E-state index contributed by atoms with van der Waals surface area (Å²) in [6.45, 7) is 6.39. The van der Waals surface area contributed by atoms with E-state index in [1.54, 1.807) is 0 Å². The van der Waals surface area contributed by atoms with Gasteiger partial charge in [0.05, 0.1) is 0 Å². The van der Waals surface area contributed by atoms with Gasteiger partial charge in [0.2, 0.25) is 0 Å². The molecule has 1 nitrogen and oxygen atoms in total. The summed E-state index contributed by atoms with van der Waals surface area (Å²) in [5.41, 5.74) is 5.48. The van der Waals surface area contributed by atoms with Crippen LogP contribution >= 0.6 is 7.81 Å². The maximum absolute atomic E-state index is 10.7. The van der Waals surface area contributed by atoms with Crippen molar-refractivity contribution in [1.29, 1.82) is 0 Å². The molecule has 0 saturated heterocycles. The van der Waals surface area contributed by atoms with E-state index in [1.807, 2.05) is 0 Å². The Balaban J connectivity index is 0.000000351. The minimum atomic E-state index is -10.7. The molecule has 8 heteroatoms. The molecule has 2 rings (SSSR count). The Labute approximate surface area is 136 Å². The van der Waals surface area contributed by atoms with Gasteiger partial charge in [-0.25, -0.2) is 0 Å². The molecule has 0 aliphatic rings. The molecular formula is C16H20F6NP. The van der Waals surface area contributed by atoms with Gasteiger partial charge in [-0.1, -0.05) is 59.7 Å². The number of quaternary nitrogens is 1. The molecule has 0 heterocycles. The van der Waals surface area contributed by atoms with Crippen molar-refractivity contribution < 1.29 is 30.5 Å². The fraction of sp³-hybridized carbons (Fsp3) is 0.250. The van der Waals surface area contributed by atoms with Crippen LogP contribution in [0.2, 0.25) is 0 Å². The number of halogens is 6. The number of rotatable bonds is 4. The summed E-state index contributed by atoms with van der Waals surface area (Å²) in [6, 6.07) is 17.4. The van der Waals surface area contributed by atoms with Crippen LogP contribution in [0.4, 0.5) is 25.2 Å². The van der Waals surface area contributed by atoms with Gasteiger partial charge in [-0.2, -0.15) is 0 Å². The second-order valence-electron chi connectivity index (χ2n) is 5.63. The van der Waals surface area contributed by atoms with E-state index >= 15 is 0 Å². The maximum atomic E-state index is 9.87. The molecule has 136 valence electrons. The van der Waals surface area contributed by atoms with Crippen LogP contribution in [0.5, 0.6) is 0 Å². The molecule has 0 radical (unpaired) electrons. The first-order chi connectivity index (χ1) is 10.7. The summed E-state index contributed by atoms with van der Waals surface area (Å²) >= 11 is 0. The first-order valence-corrected chi connectivity index (χ1v) is 9.21. The number of hydrogen-bond acceptors (Lipinski definition) is 0. The van der Waals surface area contributed by atoms with Gasteiger partial charge in [0.15, 0.2) is 0 Å². The summed E-state index contributed by atoms with van der Waals surface area (Å²) < 4.78 is 59.2. The molecule has 0 atom stereocenters. The van der Waals surface area contributed by atoms with Gasteiger partial charge in [-0.15, -0.1) is 0 Å². The van der Waals surface area contributed by atoms with E-state index in [0.29, 0.717) is 0 Å². The monoisotopic (exact) mass is 371 g/mol. The molecule has 2 aromatic carbocycles. The zero-order valence-corrected chi connectivity index (χ0v) is 14.2. The second-order valence-corrected chi connectivity index (χ2v) is 7.55. The molecule has 0 aromatic heterocycles. The van der Waals surface area contributed by atoms with Crippen molar-refractivity contribution >= 4 is 7.81 Å². The molecule has 0 saturated carbocycles. The minimum absolute atomic E-state index is 1.05. The van der Waals surface area contributed by atoms with Crippen LogP contribution in [0.25, 0.3) is 0 Å². The SMILES string of the molecule is Cc1cccc(C[NH2+]Cc2cccc(C)c2)c1.F[P-](F)(F)(F)(F)F. The first kappa shape index (κ1) is 20.5. The van der Waals surface area contributed by atoms with E-state index in [2.05, 4.69) is 67.7 Å². The predicted molar refractivity (Wildman–Crippen MR) is 85.3 cm³/mol. The topological polar surface area (TPSA) is 16.6 Å². The molecule has 0 aliphatic carbocycles. The summed E-state index contributed by atoms with van der Waals surface area (Å²) in [5, 5.41) is 2.35. The third-order valence-electron chi connectivity index (χ3n) is 2.93. The molecule has 2 N–H and O–H groups in total. The van der Waals surface area contributed by atoms with Crippen LogP contribution in [0, 0.1) is 13.8 Å². The molecule has 2 aromatic rings. The van der Waals surface area contributed by atoms with Crippen molar-refractivity contribution in [3.8, 4) is 0 Å². The van der Waals surface area contributed by atoms with Gasteiger partial charge in [0, 0.05) is 11.1 Å². The fourth-order valence-corrected chi connectivity index (χ4v) is 2.08.